The van der Waals surface area contributed by atoms with Crippen molar-refractivity contribution in [3.63, 3.8) is 0 Å². The van der Waals surface area contributed by atoms with Crippen molar-refractivity contribution in [3.05, 3.63) is 53.1 Å². The molecule has 0 saturated carbocycles. The monoisotopic (exact) mass is 332 g/mol. The second-order valence-electron chi connectivity index (χ2n) is 6.12. The Labute approximate surface area is 139 Å². The lowest BCUT2D eigenvalue weighted by atomic mass is 9.87. The lowest BCUT2D eigenvalue weighted by Gasteiger charge is -2.19. The maximum Gasteiger partial charge on any atom is 0.189 e. The molecule has 0 atom stereocenters. The van der Waals surface area contributed by atoms with E-state index in [1.165, 1.54) is 17.5 Å². The van der Waals surface area contributed by atoms with Gasteiger partial charge in [0.25, 0.3) is 0 Å². The van der Waals surface area contributed by atoms with Crippen LogP contribution in [0.3, 0.4) is 0 Å². The number of nitrogens with one attached hydrogen (secondary N) is 1. The number of aromatic nitrogens is 1. The number of nitrogens with zero attached hydrogens (tertiary/aromatic N) is 1. The molecule has 5 heteroatoms. The lowest BCUT2D eigenvalue weighted by molar-refractivity contribution is 0.460. The first kappa shape index (κ1) is 15.3. The molecule has 3 nitrogen and oxygen atoms in total. The predicted octanol–water partition coefficient (Wildman–Crippen LogP) is 5.90. The van der Waals surface area contributed by atoms with Gasteiger partial charge in [-0.2, -0.15) is 0 Å². The van der Waals surface area contributed by atoms with Crippen LogP contribution in [-0.4, -0.2) is 5.16 Å². The zero-order chi connectivity index (χ0) is 15.7. The zero-order valence-corrected chi connectivity index (χ0v) is 14.3. The molecule has 0 aliphatic carbocycles. The average Bonchev–Trinajstić information content (AvgIpc) is 2.89. The molecule has 1 aromatic heterocycles. The highest BCUT2D eigenvalue weighted by Crippen LogP contribution is 2.33. The number of halogens is 1. The van der Waals surface area contributed by atoms with Gasteiger partial charge in [0.05, 0.1) is 10.4 Å². The fraction of sp³-hybridized carbons (Fsp3) is 0.235. The van der Waals surface area contributed by atoms with E-state index in [-0.39, 0.29) is 5.41 Å². The Balaban J connectivity index is 1.77. The summed E-state index contributed by atoms with van der Waals surface area (Å²) in [7, 11) is 0. The molecule has 22 heavy (non-hydrogen) atoms. The van der Waals surface area contributed by atoms with Gasteiger partial charge in [0.15, 0.2) is 11.4 Å². The Morgan fingerprint density at radius 1 is 1.09 bits per heavy atom. The third-order valence-corrected chi connectivity index (χ3v) is 4.55. The first-order valence-corrected chi connectivity index (χ1v) is 8.22. The van der Waals surface area contributed by atoms with Crippen LogP contribution in [0, 0.1) is 0 Å². The topological polar surface area (TPSA) is 38.1 Å². The fourth-order valence-electron chi connectivity index (χ4n) is 2.15. The standard InChI is InChI=1S/C17H17ClN2OS/c1-17(2,3)11-7-9-12(10-8-11)22-20-16-15-13(18)5-4-6-14(15)21-19-16/h4-10H,1-3H3,(H,19,20). The van der Waals surface area contributed by atoms with Crippen molar-refractivity contribution in [1.29, 1.82) is 0 Å². The summed E-state index contributed by atoms with van der Waals surface area (Å²) in [5.41, 5.74) is 2.15. The minimum Gasteiger partial charge on any atom is -0.354 e. The first-order valence-electron chi connectivity index (χ1n) is 7.02. The van der Waals surface area contributed by atoms with Crippen LogP contribution < -0.4 is 4.72 Å². The van der Waals surface area contributed by atoms with Crippen LogP contribution in [0.1, 0.15) is 26.3 Å². The molecule has 0 unspecified atom stereocenters. The first-order chi connectivity index (χ1) is 10.4. The molecule has 0 saturated heterocycles. The molecule has 0 amide bonds. The third kappa shape index (κ3) is 3.08. The van der Waals surface area contributed by atoms with Crippen molar-refractivity contribution in [3.8, 4) is 0 Å². The van der Waals surface area contributed by atoms with E-state index in [4.69, 9.17) is 16.1 Å². The van der Waals surface area contributed by atoms with Crippen molar-refractivity contribution in [2.75, 3.05) is 4.72 Å². The van der Waals surface area contributed by atoms with E-state index in [2.05, 4.69) is 54.9 Å². The Bertz CT molecular complexity index is 791. The molecule has 0 spiro atoms. The number of anilines is 1. The predicted molar refractivity (Wildman–Crippen MR) is 93.6 cm³/mol. The van der Waals surface area contributed by atoms with Crippen molar-refractivity contribution >= 4 is 40.3 Å². The van der Waals surface area contributed by atoms with Gasteiger partial charge in [-0.1, -0.05) is 55.7 Å². The van der Waals surface area contributed by atoms with Crippen LogP contribution in [0.5, 0.6) is 0 Å². The maximum absolute atomic E-state index is 6.21. The van der Waals surface area contributed by atoms with Gasteiger partial charge in [0.2, 0.25) is 0 Å². The highest BCUT2D eigenvalue weighted by molar-refractivity contribution is 8.00. The average molecular weight is 333 g/mol. The molecular formula is C17H17ClN2OS. The highest BCUT2D eigenvalue weighted by Gasteiger charge is 2.14. The molecular weight excluding hydrogens is 316 g/mol. The molecule has 1 heterocycles. The number of benzene rings is 2. The molecule has 0 radical (unpaired) electrons. The number of fused-ring (bicyclic) bond motifs is 1. The zero-order valence-electron chi connectivity index (χ0n) is 12.7. The Morgan fingerprint density at radius 3 is 2.50 bits per heavy atom. The molecule has 0 aliphatic rings. The van der Waals surface area contributed by atoms with Crippen LogP contribution in [-0.2, 0) is 5.41 Å². The number of hydrogen-bond donors (Lipinski definition) is 1. The summed E-state index contributed by atoms with van der Waals surface area (Å²) < 4.78 is 8.48. The van der Waals surface area contributed by atoms with E-state index in [0.29, 0.717) is 16.4 Å². The molecule has 1 N–H and O–H groups in total. The van der Waals surface area contributed by atoms with E-state index in [1.54, 1.807) is 0 Å². The summed E-state index contributed by atoms with van der Waals surface area (Å²) in [6.07, 6.45) is 0. The van der Waals surface area contributed by atoms with Gasteiger partial charge in [0.1, 0.15) is 0 Å². The lowest BCUT2D eigenvalue weighted by Crippen LogP contribution is -2.10. The van der Waals surface area contributed by atoms with E-state index in [9.17, 15) is 0 Å². The van der Waals surface area contributed by atoms with E-state index in [0.717, 1.165) is 10.3 Å². The Kier molecular flexibility index (Phi) is 4.06. The van der Waals surface area contributed by atoms with Gasteiger partial charge in [-0.15, -0.1) is 0 Å². The van der Waals surface area contributed by atoms with Crippen LogP contribution in [0.15, 0.2) is 51.9 Å². The van der Waals surface area contributed by atoms with E-state index >= 15 is 0 Å². The van der Waals surface area contributed by atoms with Crippen LogP contribution >= 0.6 is 23.5 Å². The van der Waals surface area contributed by atoms with Crippen molar-refractivity contribution in [2.45, 2.75) is 31.1 Å². The van der Waals surface area contributed by atoms with Crippen LogP contribution in [0.25, 0.3) is 11.0 Å². The fourth-order valence-corrected chi connectivity index (χ4v) is 3.03. The van der Waals surface area contributed by atoms with Crippen molar-refractivity contribution in [2.24, 2.45) is 0 Å². The minimum absolute atomic E-state index is 0.159. The van der Waals surface area contributed by atoms with Crippen molar-refractivity contribution < 1.29 is 4.52 Å². The van der Waals surface area contributed by atoms with E-state index in [1.807, 2.05) is 18.2 Å². The van der Waals surface area contributed by atoms with Gasteiger partial charge < -0.3 is 9.25 Å². The second-order valence-corrected chi connectivity index (χ2v) is 7.41. The van der Waals surface area contributed by atoms with Gasteiger partial charge in [-0.05, 0) is 47.2 Å². The SMILES string of the molecule is CC(C)(C)c1ccc(SNc2noc3cccc(Cl)c23)cc1. The summed E-state index contributed by atoms with van der Waals surface area (Å²) in [6, 6.07) is 14.0. The number of hydrogen-bond acceptors (Lipinski definition) is 4. The maximum atomic E-state index is 6.21. The van der Waals surface area contributed by atoms with Crippen LogP contribution in [0.4, 0.5) is 5.82 Å². The molecule has 0 aliphatic heterocycles. The Hall–Kier alpha value is -1.65. The van der Waals surface area contributed by atoms with Gasteiger partial charge in [0, 0.05) is 4.90 Å². The molecule has 0 fully saturated rings. The summed E-state index contributed by atoms with van der Waals surface area (Å²) >= 11 is 7.70. The normalized spacial score (nSPS) is 11.8. The molecule has 0 bridgehead atoms. The van der Waals surface area contributed by atoms with Gasteiger partial charge in [-0.3, -0.25) is 0 Å². The molecule has 3 rings (SSSR count). The highest BCUT2D eigenvalue weighted by atomic mass is 35.5. The Morgan fingerprint density at radius 2 is 1.82 bits per heavy atom. The van der Waals surface area contributed by atoms with E-state index < -0.39 is 0 Å². The van der Waals surface area contributed by atoms with Crippen molar-refractivity contribution in [1.82, 2.24) is 5.16 Å². The molecule has 114 valence electrons. The largest absolute Gasteiger partial charge is 0.354 e. The van der Waals surface area contributed by atoms with Gasteiger partial charge >= 0.3 is 0 Å². The van der Waals surface area contributed by atoms with Gasteiger partial charge in [-0.25, -0.2) is 0 Å². The summed E-state index contributed by atoms with van der Waals surface area (Å²) in [4.78, 5) is 1.11. The summed E-state index contributed by atoms with van der Waals surface area (Å²) in [5, 5.41) is 5.47. The summed E-state index contributed by atoms with van der Waals surface area (Å²) in [6.45, 7) is 6.62. The smallest absolute Gasteiger partial charge is 0.189 e. The molecule has 2 aromatic carbocycles. The van der Waals surface area contributed by atoms with Crippen LogP contribution in [0.2, 0.25) is 5.02 Å². The molecule has 3 aromatic rings. The summed E-state index contributed by atoms with van der Waals surface area (Å²) in [5.74, 6) is 0.644. The second kappa shape index (κ2) is 5.86. The quantitative estimate of drug-likeness (QED) is 0.606. The number of rotatable bonds is 3. The minimum atomic E-state index is 0.159. The third-order valence-electron chi connectivity index (χ3n) is 3.43.